The standard InChI is InChI=1S/C12H15NO2/c1-9(2)8-15-12-7-5-4-6-11(12)13-10(3)14/h4-7H,1,8H2,2-3H3,(H,13,14). The molecule has 3 heteroatoms. The van der Waals surface area contributed by atoms with Gasteiger partial charge < -0.3 is 10.1 Å². The summed E-state index contributed by atoms with van der Waals surface area (Å²) in [5, 5.41) is 2.70. The zero-order valence-electron chi connectivity index (χ0n) is 9.04. The predicted molar refractivity (Wildman–Crippen MR) is 61.1 cm³/mol. The van der Waals surface area contributed by atoms with Crippen molar-refractivity contribution in [2.45, 2.75) is 13.8 Å². The van der Waals surface area contributed by atoms with Crippen molar-refractivity contribution in [2.24, 2.45) is 0 Å². The number of hydrogen-bond acceptors (Lipinski definition) is 2. The summed E-state index contributed by atoms with van der Waals surface area (Å²) in [7, 11) is 0. The van der Waals surface area contributed by atoms with Gasteiger partial charge in [0.2, 0.25) is 5.91 Å². The van der Waals surface area contributed by atoms with E-state index in [1.165, 1.54) is 6.92 Å². The molecule has 1 amide bonds. The smallest absolute Gasteiger partial charge is 0.221 e. The van der Waals surface area contributed by atoms with Crippen LogP contribution in [0.4, 0.5) is 5.69 Å². The van der Waals surface area contributed by atoms with E-state index in [0.29, 0.717) is 18.0 Å². The number of carbonyl (C=O) groups is 1. The highest BCUT2D eigenvalue weighted by Gasteiger charge is 2.03. The molecule has 1 N–H and O–H groups in total. The highest BCUT2D eigenvalue weighted by molar-refractivity contribution is 5.90. The average molecular weight is 205 g/mol. The van der Waals surface area contributed by atoms with Crippen LogP contribution >= 0.6 is 0 Å². The summed E-state index contributed by atoms with van der Waals surface area (Å²) in [6.07, 6.45) is 0. The van der Waals surface area contributed by atoms with Crippen molar-refractivity contribution in [3.63, 3.8) is 0 Å². The maximum atomic E-state index is 10.9. The van der Waals surface area contributed by atoms with Crippen LogP contribution in [0.2, 0.25) is 0 Å². The Hall–Kier alpha value is -1.77. The lowest BCUT2D eigenvalue weighted by Gasteiger charge is -2.11. The summed E-state index contributed by atoms with van der Waals surface area (Å²) >= 11 is 0. The highest BCUT2D eigenvalue weighted by atomic mass is 16.5. The van der Waals surface area contributed by atoms with Gasteiger partial charge in [-0.05, 0) is 24.6 Å². The monoisotopic (exact) mass is 205 g/mol. The molecule has 0 heterocycles. The van der Waals surface area contributed by atoms with Crippen LogP contribution in [0.25, 0.3) is 0 Å². The SMILES string of the molecule is C=C(C)COc1ccccc1NC(C)=O. The Morgan fingerprint density at radius 1 is 1.40 bits per heavy atom. The Kier molecular flexibility index (Phi) is 3.92. The van der Waals surface area contributed by atoms with Gasteiger partial charge in [-0.3, -0.25) is 4.79 Å². The van der Waals surface area contributed by atoms with Crippen molar-refractivity contribution in [1.29, 1.82) is 0 Å². The molecule has 0 radical (unpaired) electrons. The van der Waals surface area contributed by atoms with Crippen LogP contribution in [0.15, 0.2) is 36.4 Å². The van der Waals surface area contributed by atoms with E-state index in [1.54, 1.807) is 6.07 Å². The fourth-order valence-corrected chi connectivity index (χ4v) is 1.09. The quantitative estimate of drug-likeness (QED) is 0.767. The van der Waals surface area contributed by atoms with Gasteiger partial charge in [-0.15, -0.1) is 0 Å². The molecule has 0 bridgehead atoms. The van der Waals surface area contributed by atoms with Crippen molar-refractivity contribution in [3.8, 4) is 5.75 Å². The lowest BCUT2D eigenvalue weighted by molar-refractivity contribution is -0.114. The first-order chi connectivity index (χ1) is 7.09. The van der Waals surface area contributed by atoms with Crippen LogP contribution in [0.1, 0.15) is 13.8 Å². The van der Waals surface area contributed by atoms with E-state index in [0.717, 1.165) is 5.57 Å². The van der Waals surface area contributed by atoms with Crippen LogP contribution in [0.5, 0.6) is 5.75 Å². The lowest BCUT2D eigenvalue weighted by Crippen LogP contribution is -2.08. The van der Waals surface area contributed by atoms with Gasteiger partial charge in [-0.1, -0.05) is 18.7 Å². The number of rotatable bonds is 4. The third-order valence-corrected chi connectivity index (χ3v) is 1.67. The van der Waals surface area contributed by atoms with E-state index >= 15 is 0 Å². The van der Waals surface area contributed by atoms with Gasteiger partial charge in [-0.25, -0.2) is 0 Å². The Labute approximate surface area is 89.8 Å². The second kappa shape index (κ2) is 5.20. The molecule has 1 rings (SSSR count). The predicted octanol–water partition coefficient (Wildman–Crippen LogP) is 2.60. The summed E-state index contributed by atoms with van der Waals surface area (Å²) in [4.78, 5) is 10.9. The van der Waals surface area contributed by atoms with Crippen LogP contribution in [-0.4, -0.2) is 12.5 Å². The third kappa shape index (κ3) is 3.85. The molecule has 15 heavy (non-hydrogen) atoms. The molecule has 3 nitrogen and oxygen atoms in total. The maximum Gasteiger partial charge on any atom is 0.221 e. The first-order valence-electron chi connectivity index (χ1n) is 4.73. The van der Waals surface area contributed by atoms with Gasteiger partial charge in [-0.2, -0.15) is 0 Å². The number of nitrogens with one attached hydrogen (secondary N) is 1. The molecule has 0 saturated heterocycles. The number of carbonyl (C=O) groups excluding carboxylic acids is 1. The van der Waals surface area contributed by atoms with Crippen molar-refractivity contribution >= 4 is 11.6 Å². The zero-order chi connectivity index (χ0) is 11.3. The van der Waals surface area contributed by atoms with Crippen LogP contribution in [-0.2, 0) is 4.79 Å². The molecule has 1 aromatic rings. The van der Waals surface area contributed by atoms with E-state index in [4.69, 9.17) is 4.74 Å². The summed E-state index contributed by atoms with van der Waals surface area (Å²) in [5.41, 5.74) is 1.62. The van der Waals surface area contributed by atoms with E-state index in [2.05, 4.69) is 11.9 Å². The van der Waals surface area contributed by atoms with Crippen LogP contribution in [0.3, 0.4) is 0 Å². The molecule has 0 atom stereocenters. The largest absolute Gasteiger partial charge is 0.487 e. The van der Waals surface area contributed by atoms with E-state index in [1.807, 2.05) is 25.1 Å². The molecule has 0 aromatic heterocycles. The third-order valence-electron chi connectivity index (χ3n) is 1.67. The van der Waals surface area contributed by atoms with Crippen molar-refractivity contribution < 1.29 is 9.53 Å². The van der Waals surface area contributed by atoms with Crippen molar-refractivity contribution in [2.75, 3.05) is 11.9 Å². The molecule has 0 aliphatic carbocycles. The molecule has 0 aliphatic heterocycles. The molecular formula is C12H15NO2. The van der Waals surface area contributed by atoms with Gasteiger partial charge in [0.1, 0.15) is 12.4 Å². The number of anilines is 1. The minimum Gasteiger partial charge on any atom is -0.487 e. The van der Waals surface area contributed by atoms with E-state index in [9.17, 15) is 4.79 Å². The molecule has 80 valence electrons. The van der Waals surface area contributed by atoms with E-state index in [-0.39, 0.29) is 5.91 Å². The fourth-order valence-electron chi connectivity index (χ4n) is 1.09. The van der Waals surface area contributed by atoms with Crippen LogP contribution in [0, 0.1) is 0 Å². The molecular weight excluding hydrogens is 190 g/mol. The minimum atomic E-state index is -0.110. The lowest BCUT2D eigenvalue weighted by atomic mass is 10.3. The number of ether oxygens (including phenoxy) is 1. The Morgan fingerprint density at radius 3 is 2.67 bits per heavy atom. The van der Waals surface area contributed by atoms with Gasteiger partial charge in [0.15, 0.2) is 0 Å². The fraction of sp³-hybridized carbons (Fsp3) is 0.250. The second-order valence-electron chi connectivity index (χ2n) is 3.42. The second-order valence-corrected chi connectivity index (χ2v) is 3.42. The molecule has 0 fully saturated rings. The molecule has 1 aromatic carbocycles. The molecule has 0 saturated carbocycles. The maximum absolute atomic E-state index is 10.9. The molecule has 0 aliphatic rings. The average Bonchev–Trinajstić information content (AvgIpc) is 2.15. The number of benzene rings is 1. The summed E-state index contributed by atoms with van der Waals surface area (Å²) in [5.74, 6) is 0.553. The van der Waals surface area contributed by atoms with Gasteiger partial charge in [0.05, 0.1) is 5.69 Å². The first kappa shape index (κ1) is 11.3. The minimum absolute atomic E-state index is 0.110. The summed E-state index contributed by atoms with van der Waals surface area (Å²) in [6, 6.07) is 7.32. The first-order valence-corrected chi connectivity index (χ1v) is 4.73. The highest BCUT2D eigenvalue weighted by Crippen LogP contribution is 2.23. The normalized spacial score (nSPS) is 9.47. The molecule has 0 unspecified atom stereocenters. The number of amides is 1. The number of hydrogen-bond donors (Lipinski definition) is 1. The zero-order valence-corrected chi connectivity index (χ0v) is 9.04. The summed E-state index contributed by atoms with van der Waals surface area (Å²) < 4.78 is 5.49. The Bertz CT molecular complexity index is 372. The Balaban J connectivity index is 2.76. The van der Waals surface area contributed by atoms with Crippen molar-refractivity contribution in [1.82, 2.24) is 0 Å². The van der Waals surface area contributed by atoms with E-state index < -0.39 is 0 Å². The summed E-state index contributed by atoms with van der Waals surface area (Å²) in [6.45, 7) is 7.56. The van der Waals surface area contributed by atoms with Gasteiger partial charge in [0.25, 0.3) is 0 Å². The Morgan fingerprint density at radius 2 is 2.07 bits per heavy atom. The topological polar surface area (TPSA) is 38.3 Å². The van der Waals surface area contributed by atoms with Gasteiger partial charge >= 0.3 is 0 Å². The van der Waals surface area contributed by atoms with Crippen LogP contribution < -0.4 is 10.1 Å². The molecule has 0 spiro atoms. The van der Waals surface area contributed by atoms with Crippen molar-refractivity contribution in [3.05, 3.63) is 36.4 Å². The number of para-hydroxylation sites is 2. The van der Waals surface area contributed by atoms with Gasteiger partial charge in [0, 0.05) is 6.92 Å².